The molecule has 25 heavy (non-hydrogen) atoms. The van der Waals surface area contributed by atoms with Gasteiger partial charge >= 0.3 is 5.97 Å². The zero-order chi connectivity index (χ0) is 18.2. The van der Waals surface area contributed by atoms with Gasteiger partial charge in [0.25, 0.3) is 5.91 Å². The molecule has 128 valence electrons. The number of carbonyl (C=O) groups excluding carboxylic acids is 2. The summed E-state index contributed by atoms with van der Waals surface area (Å²) in [6.07, 6.45) is -1.85. The quantitative estimate of drug-likeness (QED) is 0.818. The van der Waals surface area contributed by atoms with Crippen molar-refractivity contribution in [3.05, 3.63) is 60.2 Å². The van der Waals surface area contributed by atoms with Gasteiger partial charge < -0.3 is 14.8 Å². The van der Waals surface area contributed by atoms with Crippen molar-refractivity contribution < 1.29 is 19.1 Å². The number of ether oxygens (including phenoxy) is 2. The van der Waals surface area contributed by atoms with E-state index >= 15 is 0 Å². The Hall–Kier alpha value is -3.33. The lowest BCUT2D eigenvalue weighted by Gasteiger charge is -2.17. The van der Waals surface area contributed by atoms with Gasteiger partial charge in [-0.3, -0.25) is 4.79 Å². The van der Waals surface area contributed by atoms with E-state index in [0.717, 1.165) is 0 Å². The number of esters is 1. The Morgan fingerprint density at radius 2 is 1.64 bits per heavy atom. The van der Waals surface area contributed by atoms with E-state index in [-0.39, 0.29) is 0 Å². The summed E-state index contributed by atoms with van der Waals surface area (Å²) < 4.78 is 10.6. The van der Waals surface area contributed by atoms with Crippen LogP contribution in [0.15, 0.2) is 54.6 Å². The van der Waals surface area contributed by atoms with Crippen LogP contribution >= 0.6 is 0 Å². The summed E-state index contributed by atoms with van der Waals surface area (Å²) in [6, 6.07) is 17.2. The molecule has 1 N–H and O–H groups in total. The molecule has 0 aliphatic carbocycles. The number of hydrogen-bond donors (Lipinski definition) is 1. The summed E-state index contributed by atoms with van der Waals surface area (Å²) in [4.78, 5) is 24.1. The van der Waals surface area contributed by atoms with Crippen LogP contribution in [0.2, 0.25) is 0 Å². The average Bonchev–Trinajstić information content (AvgIpc) is 2.63. The summed E-state index contributed by atoms with van der Waals surface area (Å²) in [7, 11) is 0. The lowest BCUT2D eigenvalue weighted by Crippen LogP contribution is -2.35. The second-order valence-electron chi connectivity index (χ2n) is 5.33. The van der Waals surface area contributed by atoms with E-state index in [1.54, 1.807) is 48.5 Å². The number of para-hydroxylation sites is 1. The molecule has 2 rings (SSSR count). The van der Waals surface area contributed by atoms with Crippen LogP contribution in [-0.2, 0) is 14.3 Å². The van der Waals surface area contributed by atoms with Gasteiger partial charge in [0, 0.05) is 5.69 Å². The molecule has 6 heteroatoms. The summed E-state index contributed by atoms with van der Waals surface area (Å²) in [5.41, 5.74) is 1.12. The van der Waals surface area contributed by atoms with Crippen LogP contribution < -0.4 is 10.1 Å². The molecule has 0 radical (unpaired) electrons. The molecule has 0 spiro atoms. The molecule has 1 amide bonds. The minimum absolute atomic E-state index is 0.426. The van der Waals surface area contributed by atoms with Crippen LogP contribution in [-0.4, -0.2) is 24.1 Å². The topological polar surface area (TPSA) is 88.4 Å². The maximum atomic E-state index is 12.1. The molecule has 0 bridgehead atoms. The predicted molar refractivity (Wildman–Crippen MR) is 91.9 cm³/mol. The van der Waals surface area contributed by atoms with E-state index < -0.39 is 24.1 Å². The third-order valence-electron chi connectivity index (χ3n) is 3.33. The van der Waals surface area contributed by atoms with E-state index in [9.17, 15) is 9.59 Å². The molecule has 0 unspecified atom stereocenters. The molecule has 0 fully saturated rings. The lowest BCUT2D eigenvalue weighted by atomic mass is 10.2. The van der Waals surface area contributed by atoms with Gasteiger partial charge in [-0.05, 0) is 50.2 Å². The van der Waals surface area contributed by atoms with Crippen LogP contribution in [0.4, 0.5) is 5.69 Å². The van der Waals surface area contributed by atoms with Gasteiger partial charge in [0.15, 0.2) is 12.2 Å². The zero-order valence-corrected chi connectivity index (χ0v) is 13.9. The number of carbonyl (C=O) groups is 2. The molecule has 0 saturated heterocycles. The third kappa shape index (κ3) is 5.36. The van der Waals surface area contributed by atoms with Crippen molar-refractivity contribution in [2.24, 2.45) is 0 Å². The summed E-state index contributed by atoms with van der Waals surface area (Å²) in [5, 5.41) is 11.4. The normalized spacial score (nSPS) is 12.4. The molecule has 0 saturated carbocycles. The standard InChI is InChI=1S/C19H18N2O4/c1-13(18(22)21-16-6-4-3-5-7-16)25-19(23)14(2)24-17-10-8-15(12-20)9-11-17/h3-11,13-14H,1-2H3,(H,21,22)/t13-,14-/m0/s1. The highest BCUT2D eigenvalue weighted by atomic mass is 16.6. The molecule has 0 heterocycles. The molecular formula is C19H18N2O4. The molecule has 2 atom stereocenters. The number of anilines is 1. The van der Waals surface area contributed by atoms with E-state index in [1.807, 2.05) is 12.1 Å². The second-order valence-corrected chi connectivity index (χ2v) is 5.33. The predicted octanol–water partition coefficient (Wildman–Crippen LogP) is 2.90. The number of rotatable bonds is 6. The van der Waals surface area contributed by atoms with Crippen LogP contribution in [0.5, 0.6) is 5.75 Å². The number of hydrogen-bond acceptors (Lipinski definition) is 5. The number of amides is 1. The van der Waals surface area contributed by atoms with Crippen molar-refractivity contribution in [3.63, 3.8) is 0 Å². The Labute approximate surface area is 146 Å². The van der Waals surface area contributed by atoms with Gasteiger partial charge in [0.2, 0.25) is 0 Å². The third-order valence-corrected chi connectivity index (χ3v) is 3.33. The first kappa shape index (κ1) is 18.0. The number of nitrogens with zero attached hydrogens (tertiary/aromatic N) is 1. The van der Waals surface area contributed by atoms with Crippen molar-refractivity contribution >= 4 is 17.6 Å². The van der Waals surface area contributed by atoms with E-state index in [0.29, 0.717) is 17.0 Å². The second kappa shape index (κ2) is 8.50. The van der Waals surface area contributed by atoms with Crippen molar-refractivity contribution in [2.45, 2.75) is 26.1 Å². The molecule has 0 aliphatic rings. The van der Waals surface area contributed by atoms with Crippen LogP contribution in [0.3, 0.4) is 0 Å². The summed E-state index contributed by atoms with van der Waals surface area (Å²) >= 11 is 0. The maximum absolute atomic E-state index is 12.1. The minimum atomic E-state index is -0.959. The van der Waals surface area contributed by atoms with Gasteiger partial charge in [-0.25, -0.2) is 4.79 Å². The first-order valence-corrected chi connectivity index (χ1v) is 7.73. The van der Waals surface area contributed by atoms with Gasteiger partial charge in [0.05, 0.1) is 11.6 Å². The maximum Gasteiger partial charge on any atom is 0.347 e. The zero-order valence-electron chi connectivity index (χ0n) is 13.9. The molecule has 6 nitrogen and oxygen atoms in total. The van der Waals surface area contributed by atoms with Crippen molar-refractivity contribution in [1.82, 2.24) is 0 Å². The molecule has 2 aromatic rings. The van der Waals surface area contributed by atoms with Gasteiger partial charge in [-0.15, -0.1) is 0 Å². The van der Waals surface area contributed by atoms with Crippen LogP contribution in [0.1, 0.15) is 19.4 Å². The summed E-state index contributed by atoms with van der Waals surface area (Å²) in [6.45, 7) is 3.02. The molecule has 2 aromatic carbocycles. The van der Waals surface area contributed by atoms with E-state index in [1.165, 1.54) is 13.8 Å². The Balaban J connectivity index is 1.86. The fourth-order valence-corrected chi connectivity index (χ4v) is 1.95. The van der Waals surface area contributed by atoms with E-state index in [2.05, 4.69) is 5.32 Å². The highest BCUT2D eigenvalue weighted by molar-refractivity contribution is 5.95. The number of benzene rings is 2. The molecule has 0 aliphatic heterocycles. The highest BCUT2D eigenvalue weighted by Gasteiger charge is 2.23. The Morgan fingerprint density at radius 1 is 1.00 bits per heavy atom. The van der Waals surface area contributed by atoms with Crippen LogP contribution in [0.25, 0.3) is 0 Å². The fraction of sp³-hybridized carbons (Fsp3) is 0.211. The van der Waals surface area contributed by atoms with Gasteiger partial charge in [0.1, 0.15) is 5.75 Å². The highest BCUT2D eigenvalue weighted by Crippen LogP contribution is 2.14. The van der Waals surface area contributed by atoms with Crippen molar-refractivity contribution in [2.75, 3.05) is 5.32 Å². The monoisotopic (exact) mass is 338 g/mol. The minimum Gasteiger partial charge on any atom is -0.479 e. The molecule has 0 aromatic heterocycles. The van der Waals surface area contributed by atoms with Gasteiger partial charge in [-0.2, -0.15) is 5.26 Å². The lowest BCUT2D eigenvalue weighted by molar-refractivity contribution is -0.159. The Morgan fingerprint density at radius 3 is 2.24 bits per heavy atom. The number of nitrogens with one attached hydrogen (secondary N) is 1. The average molecular weight is 338 g/mol. The van der Waals surface area contributed by atoms with Gasteiger partial charge in [-0.1, -0.05) is 18.2 Å². The smallest absolute Gasteiger partial charge is 0.347 e. The SMILES string of the molecule is C[C@H](OC(=O)[C@H](C)Oc1ccc(C#N)cc1)C(=O)Nc1ccccc1. The van der Waals surface area contributed by atoms with Crippen molar-refractivity contribution in [1.29, 1.82) is 5.26 Å². The first-order valence-electron chi connectivity index (χ1n) is 7.73. The summed E-state index contributed by atoms with van der Waals surface area (Å²) in [5.74, 6) is -0.643. The Kier molecular flexibility index (Phi) is 6.13. The largest absolute Gasteiger partial charge is 0.479 e. The van der Waals surface area contributed by atoms with E-state index in [4.69, 9.17) is 14.7 Å². The number of nitriles is 1. The molecular weight excluding hydrogens is 320 g/mol. The fourth-order valence-electron chi connectivity index (χ4n) is 1.95. The Bertz CT molecular complexity index is 766. The first-order chi connectivity index (χ1) is 12.0. The van der Waals surface area contributed by atoms with Crippen LogP contribution in [0, 0.1) is 11.3 Å². The van der Waals surface area contributed by atoms with Crippen molar-refractivity contribution in [3.8, 4) is 11.8 Å².